The number of hydrogen-bond donors (Lipinski definition) is 2. The molecule has 0 aliphatic rings. The molecule has 2 N–H and O–H groups in total. The first-order valence-electron chi connectivity index (χ1n) is 7.46. The standard InChI is InChI=1S/C17H20ClFN4.HI/c1-3-20-17(23-11-14-5-7-16(18)21-10-14)22-9-13-4-6-15(19)12(2)8-13;/h4-8,10H,3,9,11H2,1-2H3,(H2,20,22,23);1H. The zero-order valence-electron chi connectivity index (χ0n) is 13.6. The van der Waals surface area contributed by atoms with Crippen LogP contribution in [0.25, 0.3) is 0 Å². The molecule has 0 saturated carbocycles. The van der Waals surface area contributed by atoms with E-state index < -0.39 is 0 Å². The Labute approximate surface area is 164 Å². The molecule has 4 nitrogen and oxygen atoms in total. The van der Waals surface area contributed by atoms with Crippen LogP contribution in [0.3, 0.4) is 0 Å². The number of aliphatic imine (C=N–C) groups is 1. The number of rotatable bonds is 5. The van der Waals surface area contributed by atoms with E-state index in [2.05, 4.69) is 20.6 Å². The van der Waals surface area contributed by atoms with Gasteiger partial charge in [0.05, 0.1) is 6.54 Å². The van der Waals surface area contributed by atoms with E-state index in [0.717, 1.165) is 17.7 Å². The third-order valence-corrected chi connectivity index (χ3v) is 3.46. The zero-order chi connectivity index (χ0) is 16.7. The second kappa shape index (κ2) is 10.5. The molecule has 0 radical (unpaired) electrons. The van der Waals surface area contributed by atoms with Crippen LogP contribution in [0.15, 0.2) is 41.5 Å². The van der Waals surface area contributed by atoms with Crippen LogP contribution < -0.4 is 10.6 Å². The van der Waals surface area contributed by atoms with Gasteiger partial charge in [-0.2, -0.15) is 0 Å². The Morgan fingerprint density at radius 1 is 1.21 bits per heavy atom. The average molecular weight is 463 g/mol. The molecule has 0 atom stereocenters. The molecule has 1 heterocycles. The number of halogens is 3. The van der Waals surface area contributed by atoms with Crippen LogP contribution in [-0.4, -0.2) is 17.5 Å². The molecule has 2 aromatic rings. The number of guanidine groups is 1. The number of aryl methyl sites for hydroxylation is 1. The summed E-state index contributed by atoms with van der Waals surface area (Å²) >= 11 is 5.77. The van der Waals surface area contributed by atoms with Gasteiger partial charge in [-0.25, -0.2) is 14.4 Å². The summed E-state index contributed by atoms with van der Waals surface area (Å²) in [6, 6.07) is 8.71. The van der Waals surface area contributed by atoms with E-state index in [1.54, 1.807) is 25.3 Å². The maximum Gasteiger partial charge on any atom is 0.191 e. The molecule has 0 bridgehead atoms. The van der Waals surface area contributed by atoms with Crippen molar-refractivity contribution >= 4 is 41.5 Å². The van der Waals surface area contributed by atoms with Gasteiger partial charge in [0.2, 0.25) is 0 Å². The first-order valence-corrected chi connectivity index (χ1v) is 7.84. The third kappa shape index (κ3) is 6.60. The Balaban J connectivity index is 0.00000288. The van der Waals surface area contributed by atoms with Crippen LogP contribution in [0.5, 0.6) is 0 Å². The minimum absolute atomic E-state index is 0. The number of aromatic nitrogens is 1. The predicted molar refractivity (Wildman–Crippen MR) is 107 cm³/mol. The molecular formula is C17H21ClFIN4. The van der Waals surface area contributed by atoms with Gasteiger partial charge in [-0.3, -0.25) is 0 Å². The molecule has 0 fully saturated rings. The largest absolute Gasteiger partial charge is 0.357 e. The normalized spacial score (nSPS) is 10.9. The molecule has 0 amide bonds. The summed E-state index contributed by atoms with van der Waals surface area (Å²) in [5.41, 5.74) is 2.62. The summed E-state index contributed by atoms with van der Waals surface area (Å²) in [7, 11) is 0. The van der Waals surface area contributed by atoms with Gasteiger partial charge in [0.25, 0.3) is 0 Å². The van der Waals surface area contributed by atoms with Crippen molar-refractivity contribution in [1.82, 2.24) is 15.6 Å². The molecule has 0 saturated heterocycles. The molecule has 0 aliphatic carbocycles. The topological polar surface area (TPSA) is 49.3 Å². The highest BCUT2D eigenvalue weighted by Crippen LogP contribution is 2.09. The van der Waals surface area contributed by atoms with Crippen molar-refractivity contribution in [3.05, 3.63) is 64.2 Å². The van der Waals surface area contributed by atoms with E-state index in [4.69, 9.17) is 11.6 Å². The number of pyridine rings is 1. The van der Waals surface area contributed by atoms with Crippen LogP contribution in [0.1, 0.15) is 23.6 Å². The molecule has 130 valence electrons. The zero-order valence-corrected chi connectivity index (χ0v) is 16.7. The fourth-order valence-corrected chi connectivity index (χ4v) is 2.13. The molecule has 24 heavy (non-hydrogen) atoms. The van der Waals surface area contributed by atoms with E-state index in [0.29, 0.717) is 29.8 Å². The molecule has 1 aromatic heterocycles. The summed E-state index contributed by atoms with van der Waals surface area (Å²) in [6.07, 6.45) is 1.71. The fourth-order valence-electron chi connectivity index (χ4n) is 2.01. The van der Waals surface area contributed by atoms with Gasteiger partial charge in [-0.1, -0.05) is 29.8 Å². The summed E-state index contributed by atoms with van der Waals surface area (Å²) in [4.78, 5) is 8.54. The van der Waals surface area contributed by atoms with E-state index in [1.807, 2.05) is 19.1 Å². The van der Waals surface area contributed by atoms with Gasteiger partial charge in [0, 0.05) is 19.3 Å². The summed E-state index contributed by atoms with van der Waals surface area (Å²) in [5, 5.41) is 6.88. The lowest BCUT2D eigenvalue weighted by atomic mass is 10.1. The predicted octanol–water partition coefficient (Wildman–Crippen LogP) is 4.06. The molecule has 0 spiro atoms. The highest BCUT2D eigenvalue weighted by molar-refractivity contribution is 14.0. The number of benzene rings is 1. The minimum atomic E-state index is -0.190. The van der Waals surface area contributed by atoms with Crippen LogP contribution in [0.2, 0.25) is 5.15 Å². The van der Waals surface area contributed by atoms with Crippen molar-refractivity contribution in [2.45, 2.75) is 26.9 Å². The molecular weight excluding hydrogens is 442 g/mol. The first-order chi connectivity index (χ1) is 11.1. The second-order valence-electron chi connectivity index (χ2n) is 5.12. The van der Waals surface area contributed by atoms with E-state index in [-0.39, 0.29) is 29.8 Å². The Kier molecular flexibility index (Phi) is 8.99. The molecule has 7 heteroatoms. The maximum absolute atomic E-state index is 13.3. The van der Waals surface area contributed by atoms with Crippen molar-refractivity contribution in [3.63, 3.8) is 0 Å². The Hall–Kier alpha value is -1.41. The Morgan fingerprint density at radius 2 is 1.96 bits per heavy atom. The van der Waals surface area contributed by atoms with E-state index in [9.17, 15) is 4.39 Å². The monoisotopic (exact) mass is 462 g/mol. The Morgan fingerprint density at radius 3 is 2.58 bits per heavy atom. The maximum atomic E-state index is 13.3. The number of nitrogens with zero attached hydrogens (tertiary/aromatic N) is 2. The lowest BCUT2D eigenvalue weighted by Gasteiger charge is -2.12. The minimum Gasteiger partial charge on any atom is -0.357 e. The van der Waals surface area contributed by atoms with Crippen molar-refractivity contribution in [2.24, 2.45) is 4.99 Å². The molecule has 1 aromatic carbocycles. The Bertz CT molecular complexity index is 677. The quantitative estimate of drug-likeness (QED) is 0.305. The lowest BCUT2D eigenvalue weighted by molar-refractivity contribution is 0.617. The van der Waals surface area contributed by atoms with E-state index in [1.165, 1.54) is 6.07 Å². The number of nitrogens with one attached hydrogen (secondary N) is 2. The van der Waals surface area contributed by atoms with Gasteiger partial charge >= 0.3 is 0 Å². The fraction of sp³-hybridized carbons (Fsp3) is 0.294. The SMILES string of the molecule is CCNC(=NCc1ccc(Cl)nc1)NCc1ccc(F)c(C)c1.I. The van der Waals surface area contributed by atoms with Gasteiger partial charge < -0.3 is 10.6 Å². The second-order valence-corrected chi connectivity index (χ2v) is 5.51. The average Bonchev–Trinajstić information content (AvgIpc) is 2.55. The summed E-state index contributed by atoms with van der Waals surface area (Å²) in [5.74, 6) is 0.508. The van der Waals surface area contributed by atoms with Gasteiger partial charge in [-0.05, 0) is 42.7 Å². The third-order valence-electron chi connectivity index (χ3n) is 3.23. The van der Waals surface area contributed by atoms with Gasteiger partial charge in [0.15, 0.2) is 5.96 Å². The number of hydrogen-bond acceptors (Lipinski definition) is 2. The van der Waals surface area contributed by atoms with Gasteiger partial charge in [0.1, 0.15) is 11.0 Å². The highest BCUT2D eigenvalue weighted by atomic mass is 127. The van der Waals surface area contributed by atoms with Crippen molar-refractivity contribution in [2.75, 3.05) is 6.54 Å². The summed E-state index contributed by atoms with van der Waals surface area (Å²) in [6.45, 7) is 5.59. The highest BCUT2D eigenvalue weighted by Gasteiger charge is 2.02. The van der Waals surface area contributed by atoms with Crippen molar-refractivity contribution in [3.8, 4) is 0 Å². The van der Waals surface area contributed by atoms with Crippen molar-refractivity contribution in [1.29, 1.82) is 0 Å². The van der Waals surface area contributed by atoms with E-state index >= 15 is 0 Å². The molecule has 2 rings (SSSR count). The summed E-state index contributed by atoms with van der Waals surface area (Å²) < 4.78 is 13.3. The van der Waals surface area contributed by atoms with Crippen LogP contribution in [0.4, 0.5) is 4.39 Å². The van der Waals surface area contributed by atoms with Crippen molar-refractivity contribution < 1.29 is 4.39 Å². The molecule has 0 unspecified atom stereocenters. The smallest absolute Gasteiger partial charge is 0.191 e. The van der Waals surface area contributed by atoms with Gasteiger partial charge in [-0.15, -0.1) is 24.0 Å². The lowest BCUT2D eigenvalue weighted by Crippen LogP contribution is -2.36. The first kappa shape index (κ1) is 20.6. The van der Waals surface area contributed by atoms with Crippen LogP contribution in [-0.2, 0) is 13.1 Å². The molecule has 0 aliphatic heterocycles. The van der Waals surface area contributed by atoms with Crippen LogP contribution in [0, 0.1) is 12.7 Å². The van der Waals surface area contributed by atoms with Crippen LogP contribution >= 0.6 is 35.6 Å².